The van der Waals surface area contributed by atoms with Gasteiger partial charge in [0.05, 0.1) is 18.8 Å². The van der Waals surface area contributed by atoms with Crippen LogP contribution in [0.3, 0.4) is 0 Å². The molecule has 5 nitrogen and oxygen atoms in total. The molecule has 0 atom stereocenters. The summed E-state index contributed by atoms with van der Waals surface area (Å²) in [5.41, 5.74) is 2.95. The highest BCUT2D eigenvalue weighted by Crippen LogP contribution is 2.35. The molecule has 2 heterocycles. The molecule has 0 unspecified atom stereocenters. The number of fused-ring (bicyclic) bond motifs is 1. The van der Waals surface area contributed by atoms with Crippen molar-refractivity contribution in [1.82, 2.24) is 4.98 Å². The Morgan fingerprint density at radius 1 is 1.38 bits per heavy atom. The Labute approximate surface area is 149 Å². The van der Waals surface area contributed by atoms with Crippen LogP contribution in [-0.4, -0.2) is 23.9 Å². The Bertz CT molecular complexity index is 830. The number of ether oxygens (including phenoxy) is 1. The summed E-state index contributed by atoms with van der Waals surface area (Å²) in [6.07, 6.45) is 3.67. The van der Waals surface area contributed by atoms with Crippen molar-refractivity contribution in [3.05, 3.63) is 46.6 Å². The maximum absolute atomic E-state index is 9.49. The third-order valence-electron chi connectivity index (χ3n) is 3.58. The molecule has 1 aliphatic rings. The van der Waals surface area contributed by atoms with E-state index in [2.05, 4.69) is 16.0 Å². The molecule has 122 valence electrons. The van der Waals surface area contributed by atoms with E-state index in [1.807, 2.05) is 42.3 Å². The van der Waals surface area contributed by atoms with Gasteiger partial charge in [0.25, 0.3) is 6.02 Å². The van der Waals surface area contributed by atoms with Gasteiger partial charge in [0, 0.05) is 22.5 Å². The van der Waals surface area contributed by atoms with Gasteiger partial charge in [0.15, 0.2) is 0 Å². The van der Waals surface area contributed by atoms with Crippen molar-refractivity contribution in [1.29, 1.82) is 5.26 Å². The zero-order chi connectivity index (χ0) is 17.1. The summed E-state index contributed by atoms with van der Waals surface area (Å²) >= 11 is 7.41. The van der Waals surface area contributed by atoms with Crippen LogP contribution in [0.2, 0.25) is 5.02 Å². The fourth-order valence-corrected chi connectivity index (χ4v) is 3.11. The second-order valence-corrected chi connectivity index (χ2v) is 6.25. The van der Waals surface area contributed by atoms with Crippen LogP contribution in [0.5, 0.6) is 0 Å². The Hall–Kier alpha value is -2.23. The van der Waals surface area contributed by atoms with Gasteiger partial charge >= 0.3 is 0 Å². The van der Waals surface area contributed by atoms with Gasteiger partial charge in [-0.3, -0.25) is 4.90 Å². The number of aromatic nitrogens is 1. The zero-order valence-corrected chi connectivity index (χ0v) is 14.9. The summed E-state index contributed by atoms with van der Waals surface area (Å²) in [5.74, 6) is 0. The molecule has 1 aromatic heterocycles. The molecule has 0 saturated carbocycles. The second kappa shape index (κ2) is 7.12. The largest absolute Gasteiger partial charge is 0.465 e. The third kappa shape index (κ3) is 3.05. The average molecular weight is 359 g/mol. The van der Waals surface area contributed by atoms with E-state index in [-0.39, 0.29) is 0 Å². The average Bonchev–Trinajstić information content (AvgIpc) is 2.61. The van der Waals surface area contributed by atoms with Crippen LogP contribution in [-0.2, 0) is 11.3 Å². The monoisotopic (exact) mass is 358 g/mol. The van der Waals surface area contributed by atoms with E-state index in [1.165, 1.54) is 11.8 Å². The maximum atomic E-state index is 9.49. The Balaban J connectivity index is 2.10. The van der Waals surface area contributed by atoms with Gasteiger partial charge in [0.2, 0.25) is 0 Å². The molecule has 0 radical (unpaired) electrons. The van der Waals surface area contributed by atoms with Crippen molar-refractivity contribution in [2.75, 3.05) is 17.8 Å². The molecular weight excluding hydrogens is 344 g/mol. The van der Waals surface area contributed by atoms with Crippen LogP contribution >= 0.6 is 23.4 Å². The van der Waals surface area contributed by atoms with Crippen LogP contribution in [0.15, 0.2) is 40.5 Å². The van der Waals surface area contributed by atoms with Crippen LogP contribution in [0.1, 0.15) is 18.1 Å². The highest BCUT2D eigenvalue weighted by molar-refractivity contribution is 7.98. The van der Waals surface area contributed by atoms with E-state index >= 15 is 0 Å². The first-order chi connectivity index (χ1) is 11.7. The summed E-state index contributed by atoms with van der Waals surface area (Å²) < 4.78 is 5.72. The Morgan fingerprint density at radius 3 is 2.75 bits per heavy atom. The van der Waals surface area contributed by atoms with Crippen LogP contribution < -0.4 is 4.90 Å². The number of halogens is 1. The van der Waals surface area contributed by atoms with Gasteiger partial charge in [-0.25, -0.2) is 4.98 Å². The fourth-order valence-electron chi connectivity index (χ4n) is 2.48. The molecule has 0 aliphatic carbocycles. The molecule has 1 aliphatic heterocycles. The van der Waals surface area contributed by atoms with E-state index in [4.69, 9.17) is 16.3 Å². The van der Waals surface area contributed by atoms with E-state index in [9.17, 15) is 5.26 Å². The molecule has 0 fully saturated rings. The lowest BCUT2D eigenvalue weighted by Crippen LogP contribution is -2.35. The number of anilines is 1. The first-order valence-corrected chi connectivity index (χ1v) is 8.98. The molecule has 0 spiro atoms. The number of thioether (sulfide) groups is 1. The predicted molar refractivity (Wildman–Crippen MR) is 97.1 cm³/mol. The quantitative estimate of drug-likeness (QED) is 0.762. The molecule has 0 bridgehead atoms. The first-order valence-electron chi connectivity index (χ1n) is 7.38. The van der Waals surface area contributed by atoms with E-state index in [0.29, 0.717) is 40.5 Å². The third-order valence-corrected chi connectivity index (χ3v) is 4.52. The summed E-state index contributed by atoms with van der Waals surface area (Å²) in [6, 6.07) is 10.2. The minimum atomic E-state index is 0.474. The number of rotatable bonds is 3. The highest BCUT2D eigenvalue weighted by Gasteiger charge is 2.26. The number of hydrogen-bond acceptors (Lipinski definition) is 6. The van der Waals surface area contributed by atoms with Gasteiger partial charge in [0.1, 0.15) is 16.7 Å². The summed E-state index contributed by atoms with van der Waals surface area (Å²) in [6.45, 7) is 2.93. The highest BCUT2D eigenvalue weighted by atomic mass is 35.5. The standard InChI is InChI=1S/C17H15ClN4OS/c1-3-23-17-21-15-11(9-20-16(24-2)14(15)8-19)10-22(17)13-6-4-12(18)5-7-13/h4-7,9H,3,10H2,1-2H3. The number of hydrogen-bond donors (Lipinski definition) is 0. The lowest BCUT2D eigenvalue weighted by atomic mass is 10.1. The lowest BCUT2D eigenvalue weighted by molar-refractivity contribution is 0.316. The van der Waals surface area contributed by atoms with Crippen molar-refractivity contribution >= 4 is 40.8 Å². The number of nitriles is 1. The summed E-state index contributed by atoms with van der Waals surface area (Å²) in [4.78, 5) is 10.9. The van der Waals surface area contributed by atoms with Gasteiger partial charge < -0.3 is 4.74 Å². The van der Waals surface area contributed by atoms with Crippen molar-refractivity contribution < 1.29 is 4.74 Å². The summed E-state index contributed by atoms with van der Waals surface area (Å²) in [5, 5.41) is 10.8. The first kappa shape index (κ1) is 16.6. The number of aliphatic imine (C=N–C) groups is 1. The smallest absolute Gasteiger partial charge is 0.297 e. The molecule has 1 aromatic carbocycles. The van der Waals surface area contributed by atoms with Gasteiger partial charge in [-0.1, -0.05) is 11.6 Å². The molecule has 24 heavy (non-hydrogen) atoms. The lowest BCUT2D eigenvalue weighted by Gasteiger charge is -2.29. The SMILES string of the molecule is CCOC1=Nc2c(cnc(SC)c2C#N)CN1c1ccc(Cl)cc1. The minimum absolute atomic E-state index is 0.474. The summed E-state index contributed by atoms with van der Waals surface area (Å²) in [7, 11) is 0. The zero-order valence-electron chi connectivity index (χ0n) is 13.3. The normalized spacial score (nSPS) is 13.1. The van der Waals surface area contributed by atoms with Gasteiger partial charge in [-0.05, 0) is 37.4 Å². The van der Waals surface area contributed by atoms with Gasteiger partial charge in [-0.2, -0.15) is 10.3 Å². The number of amidine groups is 1. The Kier molecular flexibility index (Phi) is 4.93. The van der Waals surface area contributed by atoms with Gasteiger partial charge in [-0.15, -0.1) is 11.8 Å². The molecule has 0 N–H and O–H groups in total. The minimum Gasteiger partial charge on any atom is -0.465 e. The molecule has 3 rings (SSSR count). The Morgan fingerprint density at radius 2 is 2.12 bits per heavy atom. The molecule has 7 heteroatoms. The predicted octanol–water partition coefficient (Wildman–Crippen LogP) is 4.37. The number of benzene rings is 1. The van der Waals surface area contributed by atoms with E-state index < -0.39 is 0 Å². The van der Waals surface area contributed by atoms with Crippen molar-refractivity contribution in [2.24, 2.45) is 4.99 Å². The molecule has 2 aromatic rings. The van der Waals surface area contributed by atoms with Crippen LogP contribution in [0.4, 0.5) is 11.4 Å². The van der Waals surface area contributed by atoms with Crippen molar-refractivity contribution in [3.63, 3.8) is 0 Å². The molecular formula is C17H15ClN4OS. The molecule has 0 saturated heterocycles. The number of nitrogens with zero attached hydrogens (tertiary/aromatic N) is 4. The number of pyridine rings is 1. The van der Waals surface area contributed by atoms with Crippen molar-refractivity contribution in [3.8, 4) is 6.07 Å². The van der Waals surface area contributed by atoms with Crippen molar-refractivity contribution in [2.45, 2.75) is 18.5 Å². The van der Waals surface area contributed by atoms with E-state index in [1.54, 1.807) is 6.20 Å². The van der Waals surface area contributed by atoms with Crippen LogP contribution in [0, 0.1) is 11.3 Å². The van der Waals surface area contributed by atoms with E-state index in [0.717, 1.165) is 11.3 Å². The topological polar surface area (TPSA) is 61.5 Å². The maximum Gasteiger partial charge on any atom is 0.297 e. The molecule has 0 amide bonds. The second-order valence-electron chi connectivity index (χ2n) is 5.02. The van der Waals surface area contributed by atoms with Crippen LogP contribution in [0.25, 0.3) is 0 Å². The fraction of sp³-hybridized carbons (Fsp3) is 0.235.